The molecule has 2 rings (SSSR count). The van der Waals surface area contributed by atoms with Gasteiger partial charge in [-0.25, -0.2) is 4.98 Å². The third kappa shape index (κ3) is 3.75. The number of nitrogens with one attached hydrogen (secondary N) is 1. The summed E-state index contributed by atoms with van der Waals surface area (Å²) in [6, 6.07) is 0.755. The predicted octanol–water partition coefficient (Wildman–Crippen LogP) is 2.73. The Hall–Kier alpha value is -0.0600. The maximum Gasteiger partial charge on any atom is 0.0925 e. The van der Waals surface area contributed by atoms with E-state index in [-0.39, 0.29) is 0 Å². The van der Waals surface area contributed by atoms with Crippen LogP contribution >= 0.6 is 23.1 Å². The Bertz CT molecular complexity index is 306. The minimum atomic E-state index is 0.755. The Labute approximate surface area is 106 Å². The lowest BCUT2D eigenvalue weighted by molar-refractivity contribution is 0.485. The van der Waals surface area contributed by atoms with E-state index in [1.165, 1.54) is 35.0 Å². The lowest BCUT2D eigenvalue weighted by atomic mass is 10.1. The molecule has 1 N–H and O–H groups in total. The number of thioether (sulfide) groups is 1. The summed E-state index contributed by atoms with van der Waals surface area (Å²) in [4.78, 5) is 4.59. The summed E-state index contributed by atoms with van der Waals surface area (Å²) in [5, 5.41) is 7.12. The third-order valence-electron chi connectivity index (χ3n) is 2.94. The van der Waals surface area contributed by atoms with Crippen LogP contribution in [0.3, 0.4) is 0 Å². The molecule has 0 saturated carbocycles. The minimum Gasteiger partial charge on any atom is -0.314 e. The van der Waals surface area contributed by atoms with Gasteiger partial charge in [0.15, 0.2) is 0 Å². The number of nitrogens with zero attached hydrogens (tertiary/aromatic N) is 1. The summed E-state index contributed by atoms with van der Waals surface area (Å²) < 4.78 is 0. The number of rotatable bonds is 5. The summed E-state index contributed by atoms with van der Waals surface area (Å²) in [6.45, 7) is 3.25. The van der Waals surface area contributed by atoms with Gasteiger partial charge in [-0.3, -0.25) is 0 Å². The van der Waals surface area contributed by atoms with Crippen LogP contribution in [0.4, 0.5) is 0 Å². The van der Waals surface area contributed by atoms with E-state index in [0.29, 0.717) is 0 Å². The highest BCUT2D eigenvalue weighted by atomic mass is 32.2. The lowest BCUT2D eigenvalue weighted by Gasteiger charge is -2.22. The lowest BCUT2D eigenvalue weighted by Crippen LogP contribution is -2.33. The number of hydrogen-bond donors (Lipinski definition) is 1. The maximum absolute atomic E-state index is 4.59. The summed E-state index contributed by atoms with van der Waals surface area (Å²) >= 11 is 3.88. The van der Waals surface area contributed by atoms with Gasteiger partial charge in [-0.15, -0.1) is 11.3 Å². The third-order valence-corrected chi connectivity index (χ3v) is 5.03. The summed E-state index contributed by atoms with van der Waals surface area (Å²) in [7, 11) is 0. The zero-order chi connectivity index (χ0) is 11.2. The Kier molecular flexibility index (Phi) is 5.13. The van der Waals surface area contributed by atoms with Gasteiger partial charge in [0, 0.05) is 24.4 Å². The minimum absolute atomic E-state index is 0.755. The molecule has 0 unspecified atom stereocenters. The second-order valence-corrected chi connectivity index (χ2v) is 6.34. The van der Waals surface area contributed by atoms with Crippen LogP contribution in [0.2, 0.25) is 0 Å². The van der Waals surface area contributed by atoms with E-state index in [1.54, 1.807) is 11.3 Å². The van der Waals surface area contributed by atoms with Crippen molar-refractivity contribution in [2.45, 2.75) is 38.6 Å². The predicted molar refractivity (Wildman–Crippen MR) is 73.5 cm³/mol. The summed E-state index contributed by atoms with van der Waals surface area (Å²) in [5.74, 6) is 2.66. The fourth-order valence-corrected chi connectivity index (χ4v) is 3.82. The molecule has 0 radical (unpaired) electrons. The molecule has 1 saturated heterocycles. The molecule has 1 aromatic heterocycles. The molecule has 0 bridgehead atoms. The molecule has 0 amide bonds. The quantitative estimate of drug-likeness (QED) is 0.877. The van der Waals surface area contributed by atoms with Crippen molar-refractivity contribution in [2.24, 2.45) is 0 Å². The van der Waals surface area contributed by atoms with Crippen LogP contribution < -0.4 is 5.32 Å². The second-order valence-electron chi connectivity index (χ2n) is 4.18. The van der Waals surface area contributed by atoms with Gasteiger partial charge in [0.25, 0.3) is 0 Å². The van der Waals surface area contributed by atoms with Crippen LogP contribution in [0.25, 0.3) is 0 Å². The molecule has 0 atom stereocenters. The van der Waals surface area contributed by atoms with Gasteiger partial charge >= 0.3 is 0 Å². The van der Waals surface area contributed by atoms with Crippen molar-refractivity contribution in [2.75, 3.05) is 18.1 Å². The van der Waals surface area contributed by atoms with E-state index in [0.717, 1.165) is 25.4 Å². The van der Waals surface area contributed by atoms with E-state index >= 15 is 0 Å². The van der Waals surface area contributed by atoms with E-state index < -0.39 is 0 Å². The zero-order valence-corrected chi connectivity index (χ0v) is 11.5. The molecule has 1 aliphatic rings. The molecule has 16 heavy (non-hydrogen) atoms. The van der Waals surface area contributed by atoms with Crippen molar-refractivity contribution in [3.8, 4) is 0 Å². The molecular weight excluding hydrogens is 236 g/mol. The van der Waals surface area contributed by atoms with Crippen LogP contribution in [0, 0.1) is 0 Å². The van der Waals surface area contributed by atoms with Crippen LogP contribution in [0.5, 0.6) is 0 Å². The first kappa shape index (κ1) is 12.4. The molecule has 1 fully saturated rings. The first-order valence-electron chi connectivity index (χ1n) is 6.13. The van der Waals surface area contributed by atoms with Crippen molar-refractivity contribution in [3.05, 3.63) is 16.1 Å². The van der Waals surface area contributed by atoms with Gasteiger partial charge in [-0.2, -0.15) is 11.8 Å². The van der Waals surface area contributed by atoms with Crippen LogP contribution in [-0.4, -0.2) is 29.1 Å². The Morgan fingerprint density at radius 2 is 2.25 bits per heavy atom. The highest BCUT2D eigenvalue weighted by Gasteiger charge is 2.12. The molecule has 2 heterocycles. The monoisotopic (exact) mass is 256 g/mol. The molecule has 2 nitrogen and oxygen atoms in total. The van der Waals surface area contributed by atoms with Crippen molar-refractivity contribution < 1.29 is 0 Å². The van der Waals surface area contributed by atoms with E-state index in [1.807, 2.05) is 0 Å². The zero-order valence-electron chi connectivity index (χ0n) is 9.87. The van der Waals surface area contributed by atoms with Crippen LogP contribution in [-0.2, 0) is 12.8 Å². The molecule has 1 aliphatic heterocycles. The molecule has 0 aliphatic carbocycles. The smallest absolute Gasteiger partial charge is 0.0925 e. The molecule has 0 spiro atoms. The van der Waals surface area contributed by atoms with Crippen molar-refractivity contribution >= 4 is 23.1 Å². The van der Waals surface area contributed by atoms with E-state index in [2.05, 4.69) is 34.4 Å². The van der Waals surface area contributed by atoms with Crippen LogP contribution in [0.15, 0.2) is 5.38 Å². The SMILES string of the molecule is CCc1nc(CCNC2CCSCC2)cs1. The molecule has 90 valence electrons. The molecule has 4 heteroatoms. The topological polar surface area (TPSA) is 24.9 Å². The normalized spacial score (nSPS) is 17.8. The van der Waals surface area contributed by atoms with Gasteiger partial charge in [0.05, 0.1) is 10.7 Å². The first-order chi connectivity index (χ1) is 7.88. The van der Waals surface area contributed by atoms with Crippen LogP contribution in [0.1, 0.15) is 30.5 Å². The number of thiazole rings is 1. The average molecular weight is 256 g/mol. The maximum atomic E-state index is 4.59. The number of aryl methyl sites for hydroxylation is 1. The van der Waals surface area contributed by atoms with Crippen molar-refractivity contribution in [1.29, 1.82) is 0 Å². The Balaban J connectivity index is 1.66. The highest BCUT2D eigenvalue weighted by molar-refractivity contribution is 7.99. The average Bonchev–Trinajstić information content (AvgIpc) is 2.78. The molecule has 0 aromatic carbocycles. The number of aromatic nitrogens is 1. The Morgan fingerprint density at radius 3 is 2.94 bits per heavy atom. The van der Waals surface area contributed by atoms with Gasteiger partial charge in [-0.1, -0.05) is 6.92 Å². The molecular formula is C12H20N2S2. The highest BCUT2D eigenvalue weighted by Crippen LogP contribution is 2.17. The largest absolute Gasteiger partial charge is 0.314 e. The molecule has 1 aromatic rings. The first-order valence-corrected chi connectivity index (χ1v) is 8.16. The van der Waals surface area contributed by atoms with Gasteiger partial charge < -0.3 is 5.32 Å². The van der Waals surface area contributed by atoms with E-state index in [4.69, 9.17) is 0 Å². The summed E-state index contributed by atoms with van der Waals surface area (Å²) in [5.41, 5.74) is 1.26. The van der Waals surface area contributed by atoms with Crippen molar-refractivity contribution in [3.63, 3.8) is 0 Å². The van der Waals surface area contributed by atoms with Gasteiger partial charge in [0.1, 0.15) is 0 Å². The number of hydrogen-bond acceptors (Lipinski definition) is 4. The summed E-state index contributed by atoms with van der Waals surface area (Å²) in [6.07, 6.45) is 4.82. The Morgan fingerprint density at radius 1 is 1.44 bits per heavy atom. The van der Waals surface area contributed by atoms with Crippen molar-refractivity contribution in [1.82, 2.24) is 10.3 Å². The standard InChI is InChI=1S/C12H20N2S2/c1-2-12-14-11(9-16-12)3-6-13-10-4-7-15-8-5-10/h9-10,13H,2-8H2,1H3. The second kappa shape index (κ2) is 6.62. The van der Waals surface area contributed by atoms with Gasteiger partial charge in [-0.05, 0) is 30.8 Å². The van der Waals surface area contributed by atoms with E-state index in [9.17, 15) is 0 Å². The fourth-order valence-electron chi connectivity index (χ4n) is 1.93. The fraction of sp³-hybridized carbons (Fsp3) is 0.750. The van der Waals surface area contributed by atoms with Gasteiger partial charge in [0.2, 0.25) is 0 Å².